The van der Waals surface area contributed by atoms with Gasteiger partial charge < -0.3 is 4.90 Å². The molecule has 274 valence electrons. The molecule has 0 radical (unpaired) electrons. The van der Waals surface area contributed by atoms with Crippen molar-refractivity contribution in [2.24, 2.45) is 5.92 Å². The van der Waals surface area contributed by atoms with Crippen molar-refractivity contribution in [2.45, 2.75) is 226 Å². The molecule has 1 aromatic carbocycles. The second-order valence-electron chi connectivity index (χ2n) is 15.1. The van der Waals surface area contributed by atoms with Gasteiger partial charge in [-0.3, -0.25) is 4.79 Å². The van der Waals surface area contributed by atoms with Crippen LogP contribution in [0.5, 0.6) is 0 Å². The number of carbonyl (C=O) groups is 1. The zero-order valence-electron chi connectivity index (χ0n) is 32.5. The number of benzene rings is 1. The van der Waals surface area contributed by atoms with Crippen LogP contribution in [0.2, 0.25) is 0 Å². The molecule has 0 aliphatic heterocycles. The normalized spacial score (nSPS) is 12.8. The molecular weight excluding hydrogens is 571 g/mol. The molecule has 0 bridgehead atoms. The molecule has 1 rings (SSSR count). The van der Waals surface area contributed by atoms with Crippen LogP contribution in [0.25, 0.3) is 0 Å². The van der Waals surface area contributed by atoms with E-state index in [1.54, 1.807) is 0 Å². The predicted octanol–water partition coefficient (Wildman–Crippen LogP) is 15.0. The molecule has 2 nitrogen and oxygen atoms in total. The summed E-state index contributed by atoms with van der Waals surface area (Å²) in [5, 5.41) is 0. The summed E-state index contributed by atoms with van der Waals surface area (Å²) in [6.45, 7) is 11.0. The van der Waals surface area contributed by atoms with E-state index in [2.05, 4.69) is 62.9 Å². The summed E-state index contributed by atoms with van der Waals surface area (Å²) in [4.78, 5) is 16.3. The average Bonchev–Trinajstić information content (AvgIpc) is 3.09. The van der Waals surface area contributed by atoms with Crippen molar-refractivity contribution in [1.82, 2.24) is 4.90 Å². The average molecular weight is 654 g/mol. The summed E-state index contributed by atoms with van der Waals surface area (Å²) < 4.78 is 0. The van der Waals surface area contributed by atoms with Gasteiger partial charge >= 0.3 is 0 Å². The zero-order valence-corrected chi connectivity index (χ0v) is 32.5. The summed E-state index contributed by atoms with van der Waals surface area (Å²) in [5.74, 6) is 0.774. The first-order chi connectivity index (χ1) is 23.2. The number of hydrogen-bond donors (Lipinski definition) is 0. The number of unbranched alkanes of at least 4 members (excludes halogenated alkanes) is 26. The minimum atomic E-state index is 0.0515. The monoisotopic (exact) mass is 654 g/mol. The van der Waals surface area contributed by atoms with E-state index in [0.29, 0.717) is 11.8 Å². The number of rotatable bonds is 35. The van der Waals surface area contributed by atoms with Crippen molar-refractivity contribution < 1.29 is 4.79 Å². The molecule has 0 aliphatic rings. The molecule has 2 unspecified atom stereocenters. The van der Waals surface area contributed by atoms with Crippen molar-refractivity contribution in [1.29, 1.82) is 0 Å². The van der Waals surface area contributed by atoms with Crippen molar-refractivity contribution in [3.8, 4) is 0 Å². The van der Waals surface area contributed by atoms with E-state index >= 15 is 0 Å². The van der Waals surface area contributed by atoms with Crippen molar-refractivity contribution in [2.75, 3.05) is 13.1 Å². The smallest absolute Gasteiger partial charge is 0.226 e. The molecule has 2 heteroatoms. The Balaban J connectivity index is 2.37. The van der Waals surface area contributed by atoms with E-state index in [9.17, 15) is 4.79 Å². The fraction of sp³-hybridized carbons (Fsp3) is 0.844. The Morgan fingerprint density at radius 3 is 1.11 bits per heavy atom. The third-order valence-electron chi connectivity index (χ3n) is 10.7. The van der Waals surface area contributed by atoms with Gasteiger partial charge in [0.05, 0.1) is 0 Å². The van der Waals surface area contributed by atoms with Gasteiger partial charge in [0, 0.05) is 19.0 Å². The lowest BCUT2D eigenvalue weighted by Crippen LogP contribution is -2.38. The Morgan fingerprint density at radius 2 is 0.787 bits per heavy atom. The molecule has 47 heavy (non-hydrogen) atoms. The fourth-order valence-corrected chi connectivity index (χ4v) is 7.50. The highest BCUT2D eigenvalue weighted by Gasteiger charge is 2.28. The van der Waals surface area contributed by atoms with E-state index in [0.717, 1.165) is 25.9 Å². The van der Waals surface area contributed by atoms with Crippen LogP contribution in [0.15, 0.2) is 30.3 Å². The van der Waals surface area contributed by atoms with Gasteiger partial charge in [0.2, 0.25) is 5.91 Å². The highest BCUT2D eigenvalue weighted by Crippen LogP contribution is 2.31. The summed E-state index contributed by atoms with van der Waals surface area (Å²) in [5.41, 5.74) is 1.34. The van der Waals surface area contributed by atoms with Gasteiger partial charge in [-0.05, 0) is 30.7 Å². The van der Waals surface area contributed by atoms with Crippen molar-refractivity contribution >= 4 is 5.91 Å². The minimum absolute atomic E-state index is 0.0515. The maximum absolute atomic E-state index is 14.0. The summed E-state index contributed by atoms with van der Waals surface area (Å²) >= 11 is 0. The first kappa shape index (κ1) is 43.7. The van der Waals surface area contributed by atoms with Crippen molar-refractivity contribution in [3.63, 3.8) is 0 Å². The number of hydrogen-bond acceptors (Lipinski definition) is 1. The van der Waals surface area contributed by atoms with Crippen LogP contribution in [0.4, 0.5) is 0 Å². The maximum atomic E-state index is 14.0. The molecule has 0 fully saturated rings. The van der Waals surface area contributed by atoms with Gasteiger partial charge in [-0.2, -0.15) is 0 Å². The minimum Gasteiger partial charge on any atom is -0.342 e. The summed E-state index contributed by atoms with van der Waals surface area (Å²) in [6.07, 6.45) is 40.8. The van der Waals surface area contributed by atoms with E-state index < -0.39 is 0 Å². The van der Waals surface area contributed by atoms with Crippen LogP contribution in [-0.4, -0.2) is 23.9 Å². The lowest BCUT2D eigenvalue weighted by Gasteiger charge is -2.30. The summed E-state index contributed by atoms with van der Waals surface area (Å²) in [6, 6.07) is 10.8. The standard InChI is InChI=1S/C45H83NO/c1-5-8-10-12-14-16-18-20-22-24-26-28-30-35-40-46(45(47)42(4)44(37-7-3)43-38-33-32-34-39-43)41-36-31-29-27-25-23-21-19-17-15-13-11-9-6-2/h32-34,38-39,42,44H,5-31,35-37,40-41H2,1-4H3. The van der Waals surface area contributed by atoms with E-state index in [1.807, 2.05) is 0 Å². The van der Waals surface area contributed by atoms with Crippen LogP contribution in [0.3, 0.4) is 0 Å². The van der Waals surface area contributed by atoms with E-state index in [-0.39, 0.29) is 5.92 Å². The zero-order chi connectivity index (χ0) is 34.0. The lowest BCUT2D eigenvalue weighted by molar-refractivity contribution is -0.136. The highest BCUT2D eigenvalue weighted by atomic mass is 16.2. The number of amides is 1. The first-order valence-electron chi connectivity index (χ1n) is 21.5. The topological polar surface area (TPSA) is 20.3 Å². The molecule has 0 aliphatic carbocycles. The van der Waals surface area contributed by atoms with Crippen molar-refractivity contribution in [3.05, 3.63) is 35.9 Å². The van der Waals surface area contributed by atoms with E-state index in [4.69, 9.17) is 0 Å². The molecule has 0 saturated heterocycles. The maximum Gasteiger partial charge on any atom is 0.226 e. The summed E-state index contributed by atoms with van der Waals surface area (Å²) in [7, 11) is 0. The van der Waals surface area contributed by atoms with E-state index in [1.165, 1.54) is 185 Å². The Kier molecular flexibility index (Phi) is 30.9. The number of nitrogens with zero attached hydrogens (tertiary/aromatic N) is 1. The third kappa shape index (κ3) is 24.5. The van der Waals surface area contributed by atoms with Gasteiger partial charge in [0.1, 0.15) is 0 Å². The second-order valence-corrected chi connectivity index (χ2v) is 15.1. The molecule has 0 heterocycles. The van der Waals surface area contributed by atoms with Gasteiger partial charge in [-0.1, -0.05) is 231 Å². The Labute approximate surface area is 296 Å². The highest BCUT2D eigenvalue weighted by molar-refractivity contribution is 5.79. The van der Waals surface area contributed by atoms with Crippen LogP contribution < -0.4 is 0 Å². The SMILES string of the molecule is CCCCCCCCCCCCCCCCN(CCCCCCCCCCCCCCCC)C(=O)C(C)C(CCC)c1ccccc1. The molecular formula is C45H83NO. The molecule has 0 N–H and O–H groups in total. The molecule has 0 saturated carbocycles. The van der Waals surface area contributed by atoms with Crippen LogP contribution in [0, 0.1) is 5.92 Å². The molecule has 2 atom stereocenters. The number of carbonyl (C=O) groups excluding carboxylic acids is 1. The fourth-order valence-electron chi connectivity index (χ4n) is 7.50. The Hall–Kier alpha value is -1.31. The Morgan fingerprint density at radius 1 is 0.468 bits per heavy atom. The Bertz CT molecular complexity index is 743. The van der Waals surface area contributed by atoms with Crippen LogP contribution in [-0.2, 0) is 4.79 Å². The van der Waals surface area contributed by atoms with Gasteiger partial charge in [0.15, 0.2) is 0 Å². The largest absolute Gasteiger partial charge is 0.342 e. The van der Waals surface area contributed by atoms with Gasteiger partial charge in [0.25, 0.3) is 0 Å². The van der Waals surface area contributed by atoms with Crippen LogP contribution >= 0.6 is 0 Å². The second kappa shape index (κ2) is 33.2. The van der Waals surface area contributed by atoms with Gasteiger partial charge in [-0.15, -0.1) is 0 Å². The quantitative estimate of drug-likeness (QED) is 0.0668. The lowest BCUT2D eigenvalue weighted by atomic mass is 9.83. The molecule has 0 spiro atoms. The third-order valence-corrected chi connectivity index (χ3v) is 10.7. The molecule has 0 aromatic heterocycles. The first-order valence-corrected chi connectivity index (χ1v) is 21.5. The molecule has 1 aromatic rings. The van der Waals surface area contributed by atoms with Gasteiger partial charge in [-0.25, -0.2) is 0 Å². The van der Waals surface area contributed by atoms with Crippen LogP contribution in [0.1, 0.15) is 232 Å². The predicted molar refractivity (Wildman–Crippen MR) is 210 cm³/mol. The molecule has 1 amide bonds.